The number of hydrogen-bond donors (Lipinski definition) is 1. The van der Waals surface area contributed by atoms with Gasteiger partial charge in [0.1, 0.15) is 0 Å². The van der Waals surface area contributed by atoms with Gasteiger partial charge in [0.15, 0.2) is 0 Å². The van der Waals surface area contributed by atoms with E-state index in [9.17, 15) is 4.79 Å². The minimum atomic E-state index is -0.0140. The van der Waals surface area contributed by atoms with Crippen molar-refractivity contribution in [2.24, 2.45) is 0 Å². The topological polar surface area (TPSA) is 42.0 Å². The van der Waals surface area contributed by atoms with Gasteiger partial charge in [-0.15, -0.1) is 0 Å². The first kappa shape index (κ1) is 15.8. The lowest BCUT2D eigenvalue weighted by atomic mass is 10.2. The summed E-state index contributed by atoms with van der Waals surface area (Å²) in [6.45, 7) is 0.502. The van der Waals surface area contributed by atoms with Crippen molar-refractivity contribution in [3.8, 4) is 0 Å². The second kappa shape index (κ2) is 7.49. The molecule has 5 heteroatoms. The average Bonchev–Trinajstić information content (AvgIpc) is 2.59. The van der Waals surface area contributed by atoms with Crippen LogP contribution in [0.3, 0.4) is 0 Å². The number of fused-ring (bicyclic) bond motifs is 1. The van der Waals surface area contributed by atoms with Gasteiger partial charge in [0.25, 0.3) is 0 Å². The van der Waals surface area contributed by atoms with Crippen LogP contribution in [0.4, 0.5) is 0 Å². The van der Waals surface area contributed by atoms with Crippen molar-refractivity contribution >= 4 is 40.2 Å². The molecular weight excluding hydrogens is 328 g/mol. The van der Waals surface area contributed by atoms with E-state index in [4.69, 9.17) is 11.6 Å². The van der Waals surface area contributed by atoms with Gasteiger partial charge >= 0.3 is 0 Å². The van der Waals surface area contributed by atoms with Crippen LogP contribution in [0.5, 0.6) is 0 Å². The molecule has 0 saturated carbocycles. The van der Waals surface area contributed by atoms with Crippen LogP contribution in [0.15, 0.2) is 65.7 Å². The normalized spacial score (nSPS) is 10.7. The fourth-order valence-corrected chi connectivity index (χ4v) is 2.96. The van der Waals surface area contributed by atoms with Gasteiger partial charge in [-0.25, -0.2) is 4.98 Å². The van der Waals surface area contributed by atoms with Crippen LogP contribution < -0.4 is 5.32 Å². The molecule has 0 spiro atoms. The maximum absolute atomic E-state index is 11.9. The number of rotatable bonds is 5. The number of hydrogen-bond acceptors (Lipinski definition) is 3. The standard InChI is InChI=1S/C18H15ClN2OS/c19-15-8-5-13(6-9-15)11-20-17(22)12-23-18-10-7-14-3-1-2-4-16(14)21-18/h1-10H,11-12H2,(H,20,22). The fourth-order valence-electron chi connectivity index (χ4n) is 2.12. The molecule has 0 fully saturated rings. The molecule has 116 valence electrons. The Morgan fingerprint density at radius 1 is 1.04 bits per heavy atom. The largest absolute Gasteiger partial charge is 0.351 e. The SMILES string of the molecule is O=C(CSc1ccc2ccccc2n1)NCc1ccc(Cl)cc1. The summed E-state index contributed by atoms with van der Waals surface area (Å²) in [5.74, 6) is 0.332. The van der Waals surface area contributed by atoms with Crippen LogP contribution in [-0.2, 0) is 11.3 Å². The number of amides is 1. The Labute approximate surface area is 144 Å². The highest BCUT2D eigenvalue weighted by Crippen LogP contribution is 2.19. The van der Waals surface area contributed by atoms with Crippen molar-refractivity contribution in [2.75, 3.05) is 5.75 Å². The zero-order valence-corrected chi connectivity index (χ0v) is 13.9. The molecule has 23 heavy (non-hydrogen) atoms. The number of aromatic nitrogens is 1. The summed E-state index contributed by atoms with van der Waals surface area (Å²) in [4.78, 5) is 16.5. The highest BCUT2D eigenvalue weighted by Gasteiger charge is 2.05. The van der Waals surface area contributed by atoms with E-state index >= 15 is 0 Å². The first-order valence-corrected chi connectivity index (χ1v) is 8.57. The van der Waals surface area contributed by atoms with Gasteiger partial charge in [-0.1, -0.05) is 59.8 Å². The molecule has 1 aromatic heterocycles. The zero-order chi connectivity index (χ0) is 16.1. The second-order valence-corrected chi connectivity index (χ2v) is 6.47. The van der Waals surface area contributed by atoms with Crippen molar-refractivity contribution in [3.63, 3.8) is 0 Å². The number of thioether (sulfide) groups is 1. The van der Waals surface area contributed by atoms with Crippen molar-refractivity contribution in [3.05, 3.63) is 71.2 Å². The molecule has 0 aliphatic heterocycles. The molecule has 0 atom stereocenters. The molecule has 2 aromatic carbocycles. The van der Waals surface area contributed by atoms with E-state index in [2.05, 4.69) is 10.3 Å². The first-order valence-electron chi connectivity index (χ1n) is 7.20. The van der Waals surface area contributed by atoms with Crippen LogP contribution in [0.1, 0.15) is 5.56 Å². The van der Waals surface area contributed by atoms with Crippen molar-refractivity contribution in [1.82, 2.24) is 10.3 Å². The summed E-state index contributed by atoms with van der Waals surface area (Å²) in [5.41, 5.74) is 1.97. The van der Waals surface area contributed by atoms with Crippen LogP contribution >= 0.6 is 23.4 Å². The van der Waals surface area contributed by atoms with E-state index in [0.717, 1.165) is 21.5 Å². The maximum Gasteiger partial charge on any atom is 0.230 e. The third-order valence-electron chi connectivity index (χ3n) is 3.33. The van der Waals surface area contributed by atoms with E-state index in [1.807, 2.05) is 60.7 Å². The van der Waals surface area contributed by atoms with Crippen LogP contribution in [0.2, 0.25) is 5.02 Å². The minimum Gasteiger partial charge on any atom is -0.351 e. The summed E-state index contributed by atoms with van der Waals surface area (Å²) >= 11 is 7.27. The molecule has 0 radical (unpaired) electrons. The Kier molecular flexibility index (Phi) is 5.16. The summed E-state index contributed by atoms with van der Waals surface area (Å²) in [5, 5.41) is 5.54. The monoisotopic (exact) mass is 342 g/mol. The van der Waals surface area contributed by atoms with Gasteiger partial charge < -0.3 is 5.32 Å². The molecule has 0 aliphatic carbocycles. The molecule has 0 unspecified atom stereocenters. The number of para-hydroxylation sites is 1. The molecule has 1 amide bonds. The number of benzene rings is 2. The Morgan fingerprint density at radius 3 is 2.65 bits per heavy atom. The summed E-state index contributed by atoms with van der Waals surface area (Å²) < 4.78 is 0. The molecule has 1 N–H and O–H groups in total. The third-order valence-corrected chi connectivity index (χ3v) is 4.51. The van der Waals surface area contributed by atoms with Gasteiger partial charge in [-0.2, -0.15) is 0 Å². The number of nitrogens with one attached hydrogen (secondary N) is 1. The summed E-state index contributed by atoms with van der Waals surface area (Å²) in [7, 11) is 0. The van der Waals surface area contributed by atoms with E-state index in [0.29, 0.717) is 17.3 Å². The van der Waals surface area contributed by atoms with Gasteiger partial charge in [-0.05, 0) is 29.8 Å². The molecule has 3 rings (SSSR count). The Bertz CT molecular complexity index is 821. The predicted molar refractivity (Wildman–Crippen MR) is 95.8 cm³/mol. The minimum absolute atomic E-state index is 0.0140. The number of pyridine rings is 1. The fraction of sp³-hybridized carbons (Fsp3) is 0.111. The highest BCUT2D eigenvalue weighted by molar-refractivity contribution is 7.99. The molecule has 0 aliphatic rings. The molecule has 1 heterocycles. The number of halogens is 1. The van der Waals surface area contributed by atoms with Gasteiger partial charge in [0.05, 0.1) is 16.3 Å². The highest BCUT2D eigenvalue weighted by atomic mass is 35.5. The summed E-state index contributed by atoms with van der Waals surface area (Å²) in [6, 6.07) is 19.4. The molecule has 0 bridgehead atoms. The Morgan fingerprint density at radius 2 is 1.83 bits per heavy atom. The summed E-state index contributed by atoms with van der Waals surface area (Å²) in [6.07, 6.45) is 0. The van der Waals surface area contributed by atoms with Crippen molar-refractivity contribution < 1.29 is 4.79 Å². The van der Waals surface area contributed by atoms with E-state index in [1.54, 1.807) is 0 Å². The van der Waals surface area contributed by atoms with Gasteiger partial charge in [0.2, 0.25) is 5.91 Å². The Hall–Kier alpha value is -2.04. The first-order chi connectivity index (χ1) is 11.2. The van der Waals surface area contributed by atoms with Gasteiger partial charge in [0, 0.05) is 17.0 Å². The lowest BCUT2D eigenvalue weighted by Gasteiger charge is -2.06. The maximum atomic E-state index is 11.9. The van der Waals surface area contributed by atoms with Crippen LogP contribution in [0.25, 0.3) is 10.9 Å². The molecular formula is C18H15ClN2OS. The number of carbonyl (C=O) groups is 1. The predicted octanol–water partition coefficient (Wildman–Crippen LogP) is 4.30. The van der Waals surface area contributed by atoms with E-state index in [1.165, 1.54) is 11.8 Å². The number of nitrogens with zero attached hydrogens (tertiary/aromatic N) is 1. The average molecular weight is 343 g/mol. The Balaban J connectivity index is 1.52. The number of carbonyl (C=O) groups excluding carboxylic acids is 1. The van der Waals surface area contributed by atoms with Gasteiger partial charge in [-0.3, -0.25) is 4.79 Å². The van der Waals surface area contributed by atoms with E-state index in [-0.39, 0.29) is 5.91 Å². The van der Waals surface area contributed by atoms with E-state index < -0.39 is 0 Å². The van der Waals surface area contributed by atoms with Crippen molar-refractivity contribution in [1.29, 1.82) is 0 Å². The second-order valence-electron chi connectivity index (χ2n) is 5.03. The zero-order valence-electron chi connectivity index (χ0n) is 12.3. The third kappa shape index (κ3) is 4.47. The lowest BCUT2D eigenvalue weighted by Crippen LogP contribution is -2.24. The molecule has 3 aromatic rings. The molecule has 3 nitrogen and oxygen atoms in total. The smallest absolute Gasteiger partial charge is 0.230 e. The van der Waals surface area contributed by atoms with Crippen LogP contribution in [-0.4, -0.2) is 16.6 Å². The van der Waals surface area contributed by atoms with Crippen LogP contribution in [0, 0.1) is 0 Å². The quantitative estimate of drug-likeness (QED) is 0.703. The lowest BCUT2D eigenvalue weighted by molar-refractivity contribution is -0.118. The van der Waals surface area contributed by atoms with Crippen molar-refractivity contribution in [2.45, 2.75) is 11.6 Å². The molecule has 0 saturated heterocycles.